The van der Waals surface area contributed by atoms with Gasteiger partial charge in [0.05, 0.1) is 0 Å². The minimum atomic E-state index is 0.770. The van der Waals surface area contributed by atoms with E-state index in [-0.39, 0.29) is 0 Å². The highest BCUT2D eigenvalue weighted by atomic mass is 15.2. The molecule has 0 bridgehead atoms. The fourth-order valence-electron chi connectivity index (χ4n) is 3.42. The molecule has 0 radical (unpaired) electrons. The molecule has 0 fully saturated rings. The van der Waals surface area contributed by atoms with Crippen LogP contribution < -0.4 is 10.6 Å². The number of nitrogens with zero attached hydrogens (tertiary/aromatic N) is 3. The Bertz CT molecular complexity index is 910. The van der Waals surface area contributed by atoms with Gasteiger partial charge in [-0.1, -0.05) is 42.5 Å². The lowest BCUT2D eigenvalue weighted by molar-refractivity contribution is 0.400. The maximum Gasteiger partial charge on any atom is 0.191 e. The SMILES string of the molecule is CN=C(NCCCn1ccc2ccccc21)NCc1ccccc1CN(C)C. The Hall–Kier alpha value is -2.79. The minimum Gasteiger partial charge on any atom is -0.356 e. The minimum absolute atomic E-state index is 0.770. The van der Waals surface area contributed by atoms with Crippen molar-refractivity contribution in [1.82, 2.24) is 20.1 Å². The van der Waals surface area contributed by atoms with Crippen molar-refractivity contribution >= 4 is 16.9 Å². The van der Waals surface area contributed by atoms with Crippen molar-refractivity contribution in [3.63, 3.8) is 0 Å². The number of benzene rings is 2. The lowest BCUT2D eigenvalue weighted by Crippen LogP contribution is -2.37. The molecule has 1 heterocycles. The van der Waals surface area contributed by atoms with Gasteiger partial charge in [0.2, 0.25) is 0 Å². The van der Waals surface area contributed by atoms with E-state index >= 15 is 0 Å². The van der Waals surface area contributed by atoms with Crippen LogP contribution in [0.3, 0.4) is 0 Å². The van der Waals surface area contributed by atoms with Gasteiger partial charge in [-0.15, -0.1) is 0 Å². The van der Waals surface area contributed by atoms with E-state index < -0.39 is 0 Å². The number of fused-ring (bicyclic) bond motifs is 1. The summed E-state index contributed by atoms with van der Waals surface area (Å²) in [5.74, 6) is 0.844. The quantitative estimate of drug-likeness (QED) is 0.359. The van der Waals surface area contributed by atoms with Crippen LogP contribution in [-0.2, 0) is 19.6 Å². The fourth-order valence-corrected chi connectivity index (χ4v) is 3.42. The second-order valence-corrected chi connectivity index (χ2v) is 7.28. The molecule has 148 valence electrons. The third-order valence-corrected chi connectivity index (χ3v) is 4.82. The fraction of sp³-hybridized carbons (Fsp3) is 0.348. The van der Waals surface area contributed by atoms with Crippen molar-refractivity contribution in [2.75, 3.05) is 27.7 Å². The normalized spacial score (nSPS) is 11.9. The van der Waals surface area contributed by atoms with Gasteiger partial charge in [-0.25, -0.2) is 0 Å². The predicted octanol–water partition coefficient (Wildman–Crippen LogP) is 3.46. The molecule has 0 saturated carbocycles. The summed E-state index contributed by atoms with van der Waals surface area (Å²) in [4.78, 5) is 6.55. The summed E-state index contributed by atoms with van der Waals surface area (Å²) in [6.45, 7) is 3.58. The summed E-state index contributed by atoms with van der Waals surface area (Å²) in [6.07, 6.45) is 3.20. The number of aromatic nitrogens is 1. The molecule has 0 aliphatic heterocycles. The summed E-state index contributed by atoms with van der Waals surface area (Å²) in [5, 5.41) is 8.16. The molecular formula is C23H31N5. The number of hydrogen-bond acceptors (Lipinski definition) is 2. The van der Waals surface area contributed by atoms with E-state index in [1.807, 2.05) is 7.05 Å². The van der Waals surface area contributed by atoms with Crippen LogP contribution in [0.5, 0.6) is 0 Å². The standard InChI is InChI=1S/C23H31N5/c1-24-23(26-17-20-10-4-5-11-21(20)18-27(2)3)25-14-8-15-28-16-13-19-9-6-7-12-22(19)28/h4-7,9-13,16H,8,14-15,17-18H2,1-3H3,(H2,24,25,26). The summed E-state index contributed by atoms with van der Waals surface area (Å²) < 4.78 is 2.31. The number of para-hydroxylation sites is 1. The van der Waals surface area contributed by atoms with Gasteiger partial charge >= 0.3 is 0 Å². The molecule has 0 spiro atoms. The van der Waals surface area contributed by atoms with Crippen molar-refractivity contribution in [3.8, 4) is 0 Å². The number of rotatable bonds is 8. The molecule has 5 nitrogen and oxygen atoms in total. The third kappa shape index (κ3) is 5.36. The number of hydrogen-bond donors (Lipinski definition) is 2. The highest BCUT2D eigenvalue weighted by Crippen LogP contribution is 2.15. The first-order valence-electron chi connectivity index (χ1n) is 9.87. The average molecular weight is 378 g/mol. The van der Waals surface area contributed by atoms with Gasteiger partial charge in [-0.05, 0) is 49.2 Å². The van der Waals surface area contributed by atoms with E-state index in [2.05, 4.69) is 100.0 Å². The Morgan fingerprint density at radius 2 is 1.71 bits per heavy atom. The van der Waals surface area contributed by atoms with E-state index in [0.717, 1.165) is 38.6 Å². The maximum atomic E-state index is 4.36. The third-order valence-electron chi connectivity index (χ3n) is 4.82. The number of nitrogens with one attached hydrogen (secondary N) is 2. The van der Waals surface area contributed by atoms with Crippen LogP contribution in [0.25, 0.3) is 10.9 Å². The monoisotopic (exact) mass is 377 g/mol. The van der Waals surface area contributed by atoms with Crippen LogP contribution in [0.4, 0.5) is 0 Å². The summed E-state index contributed by atoms with van der Waals surface area (Å²) in [7, 11) is 6.01. The van der Waals surface area contributed by atoms with Crippen LogP contribution in [0.15, 0.2) is 65.8 Å². The van der Waals surface area contributed by atoms with E-state index in [9.17, 15) is 0 Å². The molecule has 5 heteroatoms. The first kappa shape index (κ1) is 20.0. The van der Waals surface area contributed by atoms with Gasteiger partial charge in [0.1, 0.15) is 0 Å². The average Bonchev–Trinajstić information content (AvgIpc) is 3.11. The van der Waals surface area contributed by atoms with Crippen LogP contribution in [0.1, 0.15) is 17.5 Å². The van der Waals surface area contributed by atoms with Crippen molar-refractivity contribution in [3.05, 3.63) is 71.9 Å². The first-order chi connectivity index (χ1) is 13.7. The first-order valence-corrected chi connectivity index (χ1v) is 9.87. The lowest BCUT2D eigenvalue weighted by atomic mass is 10.1. The topological polar surface area (TPSA) is 44.6 Å². The Labute approximate surface area is 168 Å². The molecule has 0 saturated heterocycles. The van der Waals surface area contributed by atoms with Gasteiger partial charge in [0.15, 0.2) is 5.96 Å². The van der Waals surface area contributed by atoms with Crippen LogP contribution in [0, 0.1) is 0 Å². The molecule has 1 aromatic heterocycles. The van der Waals surface area contributed by atoms with E-state index in [4.69, 9.17) is 0 Å². The summed E-state index contributed by atoms with van der Waals surface area (Å²) in [6, 6.07) is 19.2. The molecule has 0 unspecified atom stereocenters. The van der Waals surface area contributed by atoms with Crippen molar-refractivity contribution in [2.45, 2.75) is 26.1 Å². The maximum absolute atomic E-state index is 4.36. The molecule has 28 heavy (non-hydrogen) atoms. The summed E-state index contributed by atoms with van der Waals surface area (Å²) in [5.41, 5.74) is 3.94. The molecule has 3 rings (SSSR count). The van der Waals surface area contributed by atoms with Crippen molar-refractivity contribution < 1.29 is 0 Å². The van der Waals surface area contributed by atoms with Crippen LogP contribution >= 0.6 is 0 Å². The van der Waals surface area contributed by atoms with E-state index in [1.165, 1.54) is 22.0 Å². The van der Waals surface area contributed by atoms with Crippen LogP contribution in [-0.4, -0.2) is 43.1 Å². The summed E-state index contributed by atoms with van der Waals surface area (Å²) >= 11 is 0. The molecule has 3 aromatic rings. The number of aryl methyl sites for hydroxylation is 1. The Morgan fingerprint density at radius 1 is 0.964 bits per heavy atom. The second kappa shape index (κ2) is 9.95. The predicted molar refractivity (Wildman–Crippen MR) is 119 cm³/mol. The molecule has 2 N–H and O–H groups in total. The Balaban J connectivity index is 1.46. The lowest BCUT2D eigenvalue weighted by Gasteiger charge is -2.16. The van der Waals surface area contributed by atoms with E-state index in [0.29, 0.717) is 0 Å². The molecule has 2 aromatic carbocycles. The van der Waals surface area contributed by atoms with Crippen LogP contribution in [0.2, 0.25) is 0 Å². The van der Waals surface area contributed by atoms with Gasteiger partial charge in [-0.2, -0.15) is 0 Å². The van der Waals surface area contributed by atoms with Gasteiger partial charge < -0.3 is 20.1 Å². The smallest absolute Gasteiger partial charge is 0.191 e. The van der Waals surface area contributed by atoms with Gasteiger partial charge in [0, 0.05) is 44.9 Å². The molecular weight excluding hydrogens is 346 g/mol. The zero-order valence-electron chi connectivity index (χ0n) is 17.2. The Kier molecular flexibility index (Phi) is 7.09. The van der Waals surface area contributed by atoms with Gasteiger partial charge in [0.25, 0.3) is 0 Å². The number of aliphatic imine (C=N–C) groups is 1. The molecule has 0 aliphatic carbocycles. The molecule has 0 amide bonds. The zero-order chi connectivity index (χ0) is 19.8. The van der Waals surface area contributed by atoms with E-state index in [1.54, 1.807) is 0 Å². The molecule has 0 aliphatic rings. The van der Waals surface area contributed by atoms with Crippen molar-refractivity contribution in [1.29, 1.82) is 0 Å². The number of guanidine groups is 1. The zero-order valence-corrected chi connectivity index (χ0v) is 17.2. The largest absolute Gasteiger partial charge is 0.356 e. The highest BCUT2D eigenvalue weighted by Gasteiger charge is 2.05. The van der Waals surface area contributed by atoms with Gasteiger partial charge in [-0.3, -0.25) is 4.99 Å². The van der Waals surface area contributed by atoms with Crippen molar-refractivity contribution in [2.24, 2.45) is 4.99 Å². The molecule has 0 atom stereocenters. The highest BCUT2D eigenvalue weighted by molar-refractivity contribution is 5.80. The Morgan fingerprint density at radius 3 is 2.50 bits per heavy atom. The second-order valence-electron chi connectivity index (χ2n) is 7.28.